The molecule has 0 amide bonds. The number of ether oxygens (including phenoxy) is 1. The number of aliphatic imine (C=N–C) groups is 1. The fourth-order valence-electron chi connectivity index (χ4n) is 3.34. The van der Waals surface area contributed by atoms with E-state index in [9.17, 15) is 0 Å². The van der Waals surface area contributed by atoms with Gasteiger partial charge in [-0.25, -0.2) is 4.98 Å². The second-order valence-corrected chi connectivity index (χ2v) is 8.86. The summed E-state index contributed by atoms with van der Waals surface area (Å²) in [6, 6.07) is 8.43. The molecule has 0 saturated carbocycles. The summed E-state index contributed by atoms with van der Waals surface area (Å²) < 4.78 is 5.26. The van der Waals surface area contributed by atoms with Crippen LogP contribution < -0.4 is 10.1 Å². The van der Waals surface area contributed by atoms with Crippen molar-refractivity contribution in [3.05, 3.63) is 45.9 Å². The number of thiazole rings is 1. The second-order valence-electron chi connectivity index (χ2n) is 8.00. The standard InChI is InChI=1S/C21H30N4OS/c1-21(2,3)19-24-17(14-27-19)12-23-20(22-4)25-11-10-16(13-25)15-6-8-18(26-5)9-7-15/h6-9,14,16H,10-13H2,1-5H3,(H,22,23). The lowest BCUT2D eigenvalue weighted by atomic mass is 9.98. The number of likely N-dealkylation sites (tertiary alicyclic amines) is 1. The molecule has 0 aliphatic carbocycles. The number of nitrogens with one attached hydrogen (secondary N) is 1. The Morgan fingerprint density at radius 1 is 1.33 bits per heavy atom. The van der Waals surface area contributed by atoms with Crippen LogP contribution in [0.1, 0.15) is 49.4 Å². The number of hydrogen-bond acceptors (Lipinski definition) is 4. The average molecular weight is 387 g/mol. The fourth-order valence-corrected chi connectivity index (χ4v) is 4.24. The third kappa shape index (κ3) is 4.80. The molecule has 0 spiro atoms. The first kappa shape index (κ1) is 19.7. The molecule has 1 aromatic heterocycles. The van der Waals surface area contributed by atoms with E-state index in [1.54, 1.807) is 18.4 Å². The van der Waals surface area contributed by atoms with E-state index in [1.165, 1.54) is 10.6 Å². The Bertz CT molecular complexity index is 776. The first-order valence-corrected chi connectivity index (χ1v) is 10.3. The van der Waals surface area contributed by atoms with E-state index in [-0.39, 0.29) is 5.41 Å². The van der Waals surface area contributed by atoms with Crippen LogP contribution in [0.25, 0.3) is 0 Å². The quantitative estimate of drug-likeness (QED) is 0.637. The van der Waals surface area contributed by atoms with Crippen molar-refractivity contribution in [2.75, 3.05) is 27.2 Å². The molecule has 27 heavy (non-hydrogen) atoms. The van der Waals surface area contributed by atoms with Crippen LogP contribution in [-0.2, 0) is 12.0 Å². The van der Waals surface area contributed by atoms with Crippen LogP contribution in [0.4, 0.5) is 0 Å². The van der Waals surface area contributed by atoms with Gasteiger partial charge in [-0.15, -0.1) is 11.3 Å². The van der Waals surface area contributed by atoms with Gasteiger partial charge in [0.2, 0.25) is 0 Å². The van der Waals surface area contributed by atoms with Crippen LogP contribution in [-0.4, -0.2) is 43.1 Å². The highest BCUT2D eigenvalue weighted by Gasteiger charge is 2.26. The predicted octanol–water partition coefficient (Wildman–Crippen LogP) is 4.01. The summed E-state index contributed by atoms with van der Waals surface area (Å²) in [7, 11) is 3.55. The van der Waals surface area contributed by atoms with Gasteiger partial charge in [0, 0.05) is 36.9 Å². The Morgan fingerprint density at radius 2 is 2.07 bits per heavy atom. The number of aromatic nitrogens is 1. The fraction of sp³-hybridized carbons (Fsp3) is 0.524. The van der Waals surface area contributed by atoms with E-state index in [0.717, 1.165) is 36.9 Å². The van der Waals surface area contributed by atoms with Crippen molar-refractivity contribution < 1.29 is 4.74 Å². The van der Waals surface area contributed by atoms with Crippen LogP contribution >= 0.6 is 11.3 Å². The van der Waals surface area contributed by atoms with Gasteiger partial charge in [0.15, 0.2) is 5.96 Å². The van der Waals surface area contributed by atoms with Crippen molar-refractivity contribution >= 4 is 17.3 Å². The highest BCUT2D eigenvalue weighted by atomic mass is 32.1. The van der Waals surface area contributed by atoms with Crippen LogP contribution in [0.3, 0.4) is 0 Å². The van der Waals surface area contributed by atoms with E-state index in [0.29, 0.717) is 12.5 Å². The third-order valence-corrected chi connectivity index (χ3v) is 6.22. The van der Waals surface area contributed by atoms with Crippen molar-refractivity contribution in [2.24, 2.45) is 4.99 Å². The summed E-state index contributed by atoms with van der Waals surface area (Å²) in [6.07, 6.45) is 1.14. The summed E-state index contributed by atoms with van der Waals surface area (Å²) in [5, 5.41) is 6.80. The monoisotopic (exact) mass is 386 g/mol. The molecule has 1 aliphatic heterocycles. The Hall–Kier alpha value is -2.08. The Kier molecular flexibility index (Phi) is 6.05. The average Bonchev–Trinajstić information content (AvgIpc) is 3.32. The van der Waals surface area contributed by atoms with Crippen LogP contribution in [0, 0.1) is 0 Å². The number of hydrogen-bond donors (Lipinski definition) is 1. The topological polar surface area (TPSA) is 49.8 Å². The molecule has 6 heteroatoms. The van der Waals surface area contributed by atoms with E-state index in [1.807, 2.05) is 19.2 Å². The molecule has 0 bridgehead atoms. The highest BCUT2D eigenvalue weighted by Crippen LogP contribution is 2.29. The molecule has 3 rings (SSSR count). The minimum absolute atomic E-state index is 0.102. The van der Waals surface area contributed by atoms with Crippen molar-refractivity contribution in [1.29, 1.82) is 0 Å². The maximum Gasteiger partial charge on any atom is 0.193 e. The number of nitrogens with zero attached hydrogens (tertiary/aromatic N) is 3. The molecule has 5 nitrogen and oxygen atoms in total. The Morgan fingerprint density at radius 3 is 2.67 bits per heavy atom. The van der Waals surface area contributed by atoms with Crippen LogP contribution in [0.15, 0.2) is 34.6 Å². The lowest BCUT2D eigenvalue weighted by molar-refractivity contribution is 0.414. The zero-order chi connectivity index (χ0) is 19.4. The molecule has 1 N–H and O–H groups in total. The van der Waals surface area contributed by atoms with E-state index in [4.69, 9.17) is 9.72 Å². The van der Waals surface area contributed by atoms with Gasteiger partial charge in [0.1, 0.15) is 5.75 Å². The SMILES string of the molecule is CN=C(NCc1csc(C(C)(C)C)n1)N1CCC(c2ccc(OC)cc2)C1. The number of rotatable bonds is 4. The van der Waals surface area contributed by atoms with Crippen molar-refractivity contribution in [1.82, 2.24) is 15.2 Å². The smallest absolute Gasteiger partial charge is 0.193 e. The highest BCUT2D eigenvalue weighted by molar-refractivity contribution is 7.09. The first-order chi connectivity index (χ1) is 12.9. The van der Waals surface area contributed by atoms with E-state index < -0.39 is 0 Å². The zero-order valence-electron chi connectivity index (χ0n) is 17.0. The molecule has 1 aliphatic rings. The lowest BCUT2D eigenvalue weighted by Crippen LogP contribution is -2.39. The van der Waals surface area contributed by atoms with Crippen LogP contribution in [0.5, 0.6) is 5.75 Å². The Labute approximate surface area is 166 Å². The molecule has 1 fully saturated rings. The normalized spacial score (nSPS) is 18.0. The summed E-state index contributed by atoms with van der Waals surface area (Å²) in [5.74, 6) is 2.39. The molecule has 1 atom stereocenters. The maximum absolute atomic E-state index is 5.26. The molecule has 2 aromatic rings. The maximum atomic E-state index is 5.26. The zero-order valence-corrected chi connectivity index (χ0v) is 17.8. The number of benzene rings is 1. The minimum Gasteiger partial charge on any atom is -0.497 e. The lowest BCUT2D eigenvalue weighted by Gasteiger charge is -2.21. The predicted molar refractivity (Wildman–Crippen MR) is 113 cm³/mol. The molecule has 1 aromatic carbocycles. The molecule has 0 radical (unpaired) electrons. The van der Waals surface area contributed by atoms with Gasteiger partial charge in [-0.2, -0.15) is 0 Å². The third-order valence-electron chi connectivity index (χ3n) is 4.91. The minimum atomic E-state index is 0.102. The van der Waals surface area contributed by atoms with Gasteiger partial charge in [-0.1, -0.05) is 32.9 Å². The van der Waals surface area contributed by atoms with Crippen LogP contribution in [0.2, 0.25) is 0 Å². The summed E-state index contributed by atoms with van der Waals surface area (Å²) in [5.41, 5.74) is 2.55. The van der Waals surface area contributed by atoms with Gasteiger partial charge < -0.3 is 15.0 Å². The summed E-state index contributed by atoms with van der Waals surface area (Å²) in [4.78, 5) is 11.6. The molecular formula is C21H30N4OS. The van der Waals surface area contributed by atoms with Gasteiger partial charge in [-0.05, 0) is 24.1 Å². The van der Waals surface area contributed by atoms with E-state index in [2.05, 4.69) is 53.5 Å². The molecule has 1 saturated heterocycles. The largest absolute Gasteiger partial charge is 0.497 e. The van der Waals surface area contributed by atoms with Gasteiger partial charge in [-0.3, -0.25) is 4.99 Å². The summed E-state index contributed by atoms with van der Waals surface area (Å²) >= 11 is 1.73. The molecule has 2 heterocycles. The van der Waals surface area contributed by atoms with E-state index >= 15 is 0 Å². The Balaban J connectivity index is 1.57. The van der Waals surface area contributed by atoms with Gasteiger partial charge in [0.25, 0.3) is 0 Å². The molecular weight excluding hydrogens is 356 g/mol. The number of methoxy groups -OCH3 is 1. The second kappa shape index (κ2) is 8.30. The van der Waals surface area contributed by atoms with Gasteiger partial charge in [0.05, 0.1) is 24.4 Å². The van der Waals surface area contributed by atoms with Crippen molar-refractivity contribution in [3.63, 3.8) is 0 Å². The number of guanidine groups is 1. The van der Waals surface area contributed by atoms with Gasteiger partial charge >= 0.3 is 0 Å². The van der Waals surface area contributed by atoms with Crippen molar-refractivity contribution in [2.45, 2.75) is 45.1 Å². The molecule has 146 valence electrons. The van der Waals surface area contributed by atoms with Crippen molar-refractivity contribution in [3.8, 4) is 5.75 Å². The summed E-state index contributed by atoms with van der Waals surface area (Å²) in [6.45, 7) is 9.31. The molecule has 1 unspecified atom stereocenters. The first-order valence-electron chi connectivity index (χ1n) is 9.45.